The van der Waals surface area contributed by atoms with Gasteiger partial charge in [-0.2, -0.15) is 0 Å². The van der Waals surface area contributed by atoms with E-state index >= 15 is 0 Å². The molecule has 92 valence electrons. The van der Waals surface area contributed by atoms with E-state index in [1.54, 1.807) is 12.4 Å². The molecule has 3 nitrogen and oxygen atoms in total. The summed E-state index contributed by atoms with van der Waals surface area (Å²) in [6.45, 7) is 3.03. The number of amides is 1. The van der Waals surface area contributed by atoms with Crippen LogP contribution in [0.4, 0.5) is 0 Å². The lowest BCUT2D eigenvalue weighted by atomic mass is 9.99. The van der Waals surface area contributed by atoms with Gasteiger partial charge in [0.2, 0.25) is 0 Å². The topological polar surface area (TPSA) is 33.2 Å². The fraction of sp³-hybridized carbons (Fsp3) is 0.538. The molecule has 0 N–H and O–H groups in total. The quantitative estimate of drug-likeness (QED) is 0.839. The van der Waals surface area contributed by atoms with Crippen molar-refractivity contribution in [2.24, 2.45) is 0 Å². The Labute approximate surface area is 110 Å². The minimum atomic E-state index is 0.116. The second-order valence-corrected chi connectivity index (χ2v) is 5.36. The Hall–Kier alpha value is -0.900. The zero-order chi connectivity index (χ0) is 12.3. The third kappa shape index (κ3) is 2.86. The predicted molar refractivity (Wildman–Crippen MR) is 70.9 cm³/mol. The Bertz CT molecular complexity index is 408. The molecular formula is C13H17BrN2O. The van der Waals surface area contributed by atoms with Crippen molar-refractivity contribution in [1.82, 2.24) is 9.88 Å². The highest BCUT2D eigenvalue weighted by atomic mass is 79.9. The first-order valence-corrected chi connectivity index (χ1v) is 6.93. The minimum absolute atomic E-state index is 0.116. The fourth-order valence-corrected chi connectivity index (χ4v) is 2.75. The van der Waals surface area contributed by atoms with E-state index in [1.165, 1.54) is 6.42 Å². The highest BCUT2D eigenvalue weighted by Gasteiger charge is 2.26. The number of aromatic nitrogens is 1. The van der Waals surface area contributed by atoms with E-state index in [4.69, 9.17) is 0 Å². The number of carbonyl (C=O) groups is 1. The van der Waals surface area contributed by atoms with Gasteiger partial charge in [-0.3, -0.25) is 9.78 Å². The average Bonchev–Trinajstić information content (AvgIpc) is 2.38. The Balaban J connectivity index is 2.18. The lowest BCUT2D eigenvalue weighted by molar-refractivity contribution is 0.0607. The van der Waals surface area contributed by atoms with Gasteiger partial charge in [-0.15, -0.1) is 0 Å². The molecule has 0 saturated carbocycles. The molecule has 0 aromatic carbocycles. The van der Waals surface area contributed by atoms with Crippen molar-refractivity contribution in [1.29, 1.82) is 0 Å². The first-order chi connectivity index (χ1) is 8.22. The molecule has 1 aromatic heterocycles. The standard InChI is InChI=1S/C13H17BrN2O/c1-2-12-5-3-4-6-16(12)13(17)10-7-11(14)9-15-8-10/h7-9,12H,2-6H2,1H3. The van der Waals surface area contributed by atoms with Gasteiger partial charge in [0, 0.05) is 29.5 Å². The van der Waals surface area contributed by atoms with Crippen LogP contribution in [-0.4, -0.2) is 28.4 Å². The van der Waals surface area contributed by atoms with Crippen LogP contribution >= 0.6 is 15.9 Å². The van der Waals surface area contributed by atoms with Crippen LogP contribution in [0.3, 0.4) is 0 Å². The molecule has 1 aromatic rings. The number of nitrogens with zero attached hydrogens (tertiary/aromatic N) is 2. The highest BCUT2D eigenvalue weighted by Crippen LogP contribution is 2.22. The van der Waals surface area contributed by atoms with Crippen molar-refractivity contribution in [3.8, 4) is 0 Å². The summed E-state index contributed by atoms with van der Waals surface area (Å²) in [5, 5.41) is 0. The lowest BCUT2D eigenvalue weighted by Gasteiger charge is -2.35. The third-order valence-corrected chi connectivity index (χ3v) is 3.74. The van der Waals surface area contributed by atoms with Crippen LogP contribution < -0.4 is 0 Å². The van der Waals surface area contributed by atoms with E-state index < -0.39 is 0 Å². The summed E-state index contributed by atoms with van der Waals surface area (Å²) >= 11 is 3.35. The van der Waals surface area contributed by atoms with Gasteiger partial charge >= 0.3 is 0 Å². The number of rotatable bonds is 2. The molecule has 4 heteroatoms. The maximum absolute atomic E-state index is 12.4. The Morgan fingerprint density at radius 1 is 1.53 bits per heavy atom. The van der Waals surface area contributed by atoms with Crippen molar-refractivity contribution < 1.29 is 4.79 Å². The molecule has 1 fully saturated rings. The third-order valence-electron chi connectivity index (χ3n) is 3.31. The maximum Gasteiger partial charge on any atom is 0.255 e. The smallest absolute Gasteiger partial charge is 0.255 e. The normalized spacial score (nSPS) is 20.4. The van der Waals surface area contributed by atoms with Gasteiger partial charge in [-0.1, -0.05) is 6.92 Å². The molecular weight excluding hydrogens is 280 g/mol. The average molecular weight is 297 g/mol. The molecule has 0 aliphatic carbocycles. The molecule has 1 saturated heterocycles. The van der Waals surface area contributed by atoms with Gasteiger partial charge in [0.05, 0.1) is 5.56 Å². The lowest BCUT2D eigenvalue weighted by Crippen LogP contribution is -2.43. The number of hydrogen-bond acceptors (Lipinski definition) is 2. The molecule has 1 unspecified atom stereocenters. The van der Waals surface area contributed by atoms with Gasteiger partial charge < -0.3 is 4.90 Å². The van der Waals surface area contributed by atoms with Crippen LogP contribution in [-0.2, 0) is 0 Å². The van der Waals surface area contributed by atoms with Crippen molar-refractivity contribution >= 4 is 21.8 Å². The second-order valence-electron chi connectivity index (χ2n) is 4.45. The summed E-state index contributed by atoms with van der Waals surface area (Å²) in [4.78, 5) is 18.4. The molecule has 1 atom stereocenters. The van der Waals surface area contributed by atoms with Crippen molar-refractivity contribution in [2.75, 3.05) is 6.54 Å². The summed E-state index contributed by atoms with van der Waals surface area (Å²) in [6, 6.07) is 2.24. The largest absolute Gasteiger partial charge is 0.336 e. The molecule has 1 aliphatic heterocycles. The molecule has 2 rings (SSSR count). The van der Waals surface area contributed by atoms with Crippen LogP contribution in [0.2, 0.25) is 0 Å². The van der Waals surface area contributed by atoms with Crippen molar-refractivity contribution in [2.45, 2.75) is 38.6 Å². The van der Waals surface area contributed by atoms with Crippen LogP contribution in [0.5, 0.6) is 0 Å². The van der Waals surface area contributed by atoms with Crippen molar-refractivity contribution in [3.05, 3.63) is 28.5 Å². The molecule has 0 radical (unpaired) electrons. The van der Waals surface area contributed by atoms with Gasteiger partial charge in [-0.05, 0) is 47.7 Å². The SMILES string of the molecule is CCC1CCCCN1C(=O)c1cncc(Br)c1. The zero-order valence-corrected chi connectivity index (χ0v) is 11.6. The van der Waals surface area contributed by atoms with E-state index in [2.05, 4.69) is 27.8 Å². The van der Waals surface area contributed by atoms with E-state index in [9.17, 15) is 4.79 Å². The number of pyridine rings is 1. The summed E-state index contributed by atoms with van der Waals surface area (Å²) in [5.74, 6) is 0.116. The maximum atomic E-state index is 12.4. The molecule has 2 heterocycles. The monoisotopic (exact) mass is 296 g/mol. The number of likely N-dealkylation sites (tertiary alicyclic amines) is 1. The first-order valence-electron chi connectivity index (χ1n) is 6.14. The number of halogens is 1. The Morgan fingerprint density at radius 2 is 2.35 bits per heavy atom. The summed E-state index contributed by atoms with van der Waals surface area (Å²) in [5.41, 5.74) is 0.680. The van der Waals surface area contributed by atoms with Gasteiger partial charge in [-0.25, -0.2) is 0 Å². The number of hydrogen-bond donors (Lipinski definition) is 0. The Morgan fingerprint density at radius 3 is 3.06 bits per heavy atom. The minimum Gasteiger partial charge on any atom is -0.336 e. The number of piperidine rings is 1. The van der Waals surface area contributed by atoms with Gasteiger partial charge in [0.15, 0.2) is 0 Å². The van der Waals surface area contributed by atoms with Crippen LogP contribution in [0.15, 0.2) is 22.9 Å². The van der Waals surface area contributed by atoms with Crippen LogP contribution in [0, 0.1) is 0 Å². The predicted octanol–water partition coefficient (Wildman–Crippen LogP) is 3.25. The van der Waals surface area contributed by atoms with E-state index in [-0.39, 0.29) is 5.91 Å². The molecule has 1 aliphatic rings. The van der Waals surface area contributed by atoms with Crippen LogP contribution in [0.25, 0.3) is 0 Å². The summed E-state index contributed by atoms with van der Waals surface area (Å²) < 4.78 is 0.855. The van der Waals surface area contributed by atoms with Gasteiger partial charge in [0.25, 0.3) is 5.91 Å². The Kier molecular flexibility index (Phi) is 4.15. The summed E-state index contributed by atoms with van der Waals surface area (Å²) in [7, 11) is 0. The van der Waals surface area contributed by atoms with E-state index in [0.717, 1.165) is 30.3 Å². The van der Waals surface area contributed by atoms with Crippen LogP contribution in [0.1, 0.15) is 43.0 Å². The van der Waals surface area contributed by atoms with E-state index in [1.807, 2.05) is 11.0 Å². The molecule has 0 spiro atoms. The van der Waals surface area contributed by atoms with Gasteiger partial charge in [0.1, 0.15) is 0 Å². The highest BCUT2D eigenvalue weighted by molar-refractivity contribution is 9.10. The fourth-order valence-electron chi connectivity index (χ4n) is 2.39. The van der Waals surface area contributed by atoms with Crippen molar-refractivity contribution in [3.63, 3.8) is 0 Å². The van der Waals surface area contributed by atoms with E-state index in [0.29, 0.717) is 11.6 Å². The molecule has 17 heavy (non-hydrogen) atoms. The summed E-state index contributed by atoms with van der Waals surface area (Å²) in [6.07, 6.45) is 7.86. The number of carbonyl (C=O) groups excluding carboxylic acids is 1. The molecule has 1 amide bonds. The zero-order valence-electron chi connectivity index (χ0n) is 10.0. The molecule has 0 bridgehead atoms. The second kappa shape index (κ2) is 5.63. The first kappa shape index (κ1) is 12.6.